The SMILES string of the molecule is CC[C@@]1(OC(=O)[C@@H](NC(=O)[C@@H]2CCCN2C(=O)[C@H](CC(=O)O)NC(=O)CCOCCOCCOCCNC(=O)CNC(=O)CC(CSC)C(=O)O)C(C)C)C(=O)OCc2c1cc1n(c2=O)Cc2cc3cc4c(cc3nc2-1)OCO4. The molecule has 428 valence electrons. The number of carbonyl (C=O) groups is 9. The van der Waals surface area contributed by atoms with Crippen molar-refractivity contribution in [1.29, 1.82) is 0 Å². The van der Waals surface area contributed by atoms with E-state index in [0.29, 0.717) is 34.8 Å². The van der Waals surface area contributed by atoms with E-state index in [1.54, 1.807) is 39.2 Å². The lowest BCUT2D eigenvalue weighted by molar-refractivity contribution is -0.191. The van der Waals surface area contributed by atoms with Gasteiger partial charge < -0.3 is 74.1 Å². The van der Waals surface area contributed by atoms with Gasteiger partial charge in [-0.2, -0.15) is 11.8 Å². The monoisotopic (exact) mass is 1120 g/mol. The Bertz CT molecular complexity index is 2900. The number of benzene rings is 1. The Labute approximate surface area is 457 Å². The van der Waals surface area contributed by atoms with Gasteiger partial charge in [0, 0.05) is 54.3 Å². The predicted octanol–water partition coefficient (Wildman–Crippen LogP) is 0.577. The van der Waals surface area contributed by atoms with Crippen LogP contribution in [0.1, 0.15) is 76.0 Å². The van der Waals surface area contributed by atoms with E-state index >= 15 is 0 Å². The lowest BCUT2D eigenvalue weighted by Crippen LogP contribution is -2.57. The number of ether oxygens (including phenoxy) is 7. The van der Waals surface area contributed by atoms with Crippen LogP contribution in [0.25, 0.3) is 22.3 Å². The first kappa shape index (κ1) is 59.3. The topological polar surface area (TPSA) is 345 Å². The summed E-state index contributed by atoms with van der Waals surface area (Å²) in [6, 6.07) is 2.98. The highest BCUT2D eigenvalue weighted by molar-refractivity contribution is 7.98. The average Bonchev–Trinajstić information content (AvgIpc) is 4.38. The van der Waals surface area contributed by atoms with Gasteiger partial charge in [0.05, 0.1) is 87.5 Å². The fourth-order valence-corrected chi connectivity index (χ4v) is 10.2. The first-order valence-corrected chi connectivity index (χ1v) is 27.3. The number of nitrogens with zero attached hydrogens (tertiary/aromatic N) is 3. The fraction of sp³-hybridized carbons (Fsp3) is 0.558. The molecule has 0 saturated carbocycles. The summed E-state index contributed by atoms with van der Waals surface area (Å²) >= 11 is 1.31. The average molecular weight is 1120 g/mol. The minimum atomic E-state index is -2.10. The number of carbonyl (C=O) groups excluding carboxylic acids is 7. The van der Waals surface area contributed by atoms with Crippen molar-refractivity contribution < 1.29 is 86.5 Å². The standard InChI is InChI=1S/C52H65N7O19S/c1-5-52(33-20-37-45-30(24-59(37)47(66)32(33)25-75-51(52)71)17-29-18-38-39(77-27-76-38)21-34(29)56-45)78-50(70)44(28(2)3)57-46(65)36-7-6-10-58(36)48(67)35(22-43(63)64)55-40(60)8-11-72-13-15-74-16-14-73-12-9-53-42(62)23-54-41(61)19-31(26-79-4)49(68)69/h17-18,20-21,28,31,35-36,44H,5-16,19,22-27H2,1-4H3,(H,53,62)(H,54,61)(H,55,60)(H,57,65)(H,63,64)(H,68,69)/t31?,35-,36-,44-,52-/m0/s1. The second kappa shape index (κ2) is 27.0. The van der Waals surface area contributed by atoms with Gasteiger partial charge in [0.2, 0.25) is 41.9 Å². The zero-order valence-corrected chi connectivity index (χ0v) is 45.0. The van der Waals surface area contributed by atoms with E-state index in [9.17, 15) is 58.2 Å². The van der Waals surface area contributed by atoms with Crippen molar-refractivity contribution in [1.82, 2.24) is 35.7 Å². The number of carboxylic acids is 2. The van der Waals surface area contributed by atoms with Gasteiger partial charge >= 0.3 is 23.9 Å². The van der Waals surface area contributed by atoms with Gasteiger partial charge in [-0.1, -0.05) is 20.8 Å². The number of hydrogen-bond acceptors (Lipinski definition) is 19. The lowest BCUT2D eigenvalue weighted by Gasteiger charge is -2.37. The smallest absolute Gasteiger partial charge is 0.355 e. The highest BCUT2D eigenvalue weighted by atomic mass is 32.2. The first-order valence-electron chi connectivity index (χ1n) is 25.9. The normalized spacial score (nSPS) is 17.9. The summed E-state index contributed by atoms with van der Waals surface area (Å²) in [4.78, 5) is 137. The number of aromatic nitrogens is 2. The Morgan fingerprint density at radius 2 is 1.57 bits per heavy atom. The van der Waals surface area contributed by atoms with Crippen LogP contribution >= 0.6 is 11.8 Å². The largest absolute Gasteiger partial charge is 0.481 e. The van der Waals surface area contributed by atoms with E-state index in [2.05, 4.69) is 21.3 Å². The first-order chi connectivity index (χ1) is 37.8. The van der Waals surface area contributed by atoms with Gasteiger partial charge in [0.25, 0.3) is 5.56 Å². The highest BCUT2D eigenvalue weighted by Crippen LogP contribution is 2.43. The number of esters is 2. The van der Waals surface area contributed by atoms with Crippen LogP contribution < -0.4 is 36.3 Å². The van der Waals surface area contributed by atoms with Gasteiger partial charge in [-0.05, 0) is 49.6 Å². The number of likely N-dealkylation sites (tertiary alicyclic amines) is 1. The maximum atomic E-state index is 14.3. The Balaban J connectivity index is 0.868. The van der Waals surface area contributed by atoms with Crippen molar-refractivity contribution in [3.63, 3.8) is 0 Å². The van der Waals surface area contributed by atoms with Gasteiger partial charge in [-0.15, -0.1) is 0 Å². The minimum Gasteiger partial charge on any atom is -0.481 e. The summed E-state index contributed by atoms with van der Waals surface area (Å²) in [7, 11) is 0. The Morgan fingerprint density at radius 3 is 2.25 bits per heavy atom. The third-order valence-electron chi connectivity index (χ3n) is 13.7. The third kappa shape index (κ3) is 14.3. The minimum absolute atomic E-state index is 0.0445. The molecular formula is C52H65N7O19S. The second-order valence-corrected chi connectivity index (χ2v) is 20.3. The molecule has 26 nitrogen and oxygen atoms in total. The summed E-state index contributed by atoms with van der Waals surface area (Å²) in [5.41, 5.74) is -0.109. The molecule has 1 saturated heterocycles. The summed E-state index contributed by atoms with van der Waals surface area (Å²) in [5.74, 6) is -7.78. The van der Waals surface area contributed by atoms with E-state index in [1.165, 1.54) is 16.3 Å². The van der Waals surface area contributed by atoms with Crippen LogP contribution in [0.5, 0.6) is 11.5 Å². The van der Waals surface area contributed by atoms with Crippen LogP contribution in [0.2, 0.25) is 0 Å². The van der Waals surface area contributed by atoms with E-state index in [1.807, 2.05) is 12.1 Å². The Morgan fingerprint density at radius 1 is 0.861 bits per heavy atom. The number of fused-ring (bicyclic) bond motifs is 6. The van der Waals surface area contributed by atoms with Crippen LogP contribution in [0.3, 0.4) is 0 Å². The van der Waals surface area contributed by atoms with Crippen molar-refractivity contribution in [2.45, 2.75) is 96.2 Å². The van der Waals surface area contributed by atoms with Crippen LogP contribution in [-0.2, 0) is 85.6 Å². The fourth-order valence-electron chi connectivity index (χ4n) is 9.58. The molecule has 2 aromatic heterocycles. The predicted molar refractivity (Wildman–Crippen MR) is 277 cm³/mol. The number of thioether (sulfide) groups is 1. The molecule has 0 bridgehead atoms. The molecule has 0 radical (unpaired) electrons. The number of hydrogen-bond donors (Lipinski definition) is 6. The molecule has 6 heterocycles. The summed E-state index contributed by atoms with van der Waals surface area (Å²) in [6.45, 7) is 5.31. The number of rotatable bonds is 29. The molecule has 7 rings (SSSR count). The molecule has 5 atom stereocenters. The molecule has 1 aromatic carbocycles. The zero-order valence-electron chi connectivity index (χ0n) is 44.2. The molecule has 1 fully saturated rings. The van der Waals surface area contributed by atoms with Crippen molar-refractivity contribution >= 4 is 76.1 Å². The molecule has 4 aliphatic rings. The Kier molecular flexibility index (Phi) is 20.3. The number of nitrogens with one attached hydrogen (secondary N) is 4. The molecule has 27 heteroatoms. The molecule has 6 N–H and O–H groups in total. The van der Waals surface area contributed by atoms with E-state index in [0.717, 1.165) is 15.8 Å². The molecule has 79 heavy (non-hydrogen) atoms. The number of amides is 5. The van der Waals surface area contributed by atoms with Crippen LogP contribution in [0, 0.1) is 11.8 Å². The van der Waals surface area contributed by atoms with Crippen molar-refractivity contribution in [2.24, 2.45) is 11.8 Å². The second-order valence-electron chi connectivity index (χ2n) is 19.4. The van der Waals surface area contributed by atoms with Crippen LogP contribution in [0.15, 0.2) is 29.1 Å². The maximum absolute atomic E-state index is 14.3. The number of carboxylic acid groups (broad SMARTS) is 2. The maximum Gasteiger partial charge on any atom is 0.355 e. The van der Waals surface area contributed by atoms with Gasteiger partial charge in [-0.3, -0.25) is 38.4 Å². The summed E-state index contributed by atoms with van der Waals surface area (Å²) in [6.07, 6.45) is 0.812. The van der Waals surface area contributed by atoms with Crippen molar-refractivity contribution in [3.05, 3.63) is 51.3 Å². The highest BCUT2D eigenvalue weighted by Gasteiger charge is 2.52. The van der Waals surface area contributed by atoms with E-state index in [4.69, 9.17) is 38.1 Å². The number of pyridine rings is 2. The van der Waals surface area contributed by atoms with Gasteiger partial charge in [0.15, 0.2) is 11.5 Å². The third-order valence-corrected chi connectivity index (χ3v) is 14.4. The Hall–Kier alpha value is -7.36. The number of cyclic esters (lactones) is 1. The van der Waals surface area contributed by atoms with E-state index < -0.39 is 101 Å². The van der Waals surface area contributed by atoms with Crippen LogP contribution in [0.4, 0.5) is 0 Å². The number of aliphatic carboxylic acids is 2. The molecule has 0 aliphatic carbocycles. The lowest BCUT2D eigenvalue weighted by atomic mass is 9.85. The van der Waals surface area contributed by atoms with Crippen molar-refractivity contribution in [3.8, 4) is 22.9 Å². The van der Waals surface area contributed by atoms with Crippen LogP contribution in [-0.4, -0.2) is 174 Å². The molecule has 5 amide bonds. The summed E-state index contributed by atoms with van der Waals surface area (Å²) in [5, 5.41) is 29.8. The molecule has 3 aromatic rings. The molecule has 1 unspecified atom stereocenters. The summed E-state index contributed by atoms with van der Waals surface area (Å²) < 4.78 is 40.6. The molecular weight excluding hydrogens is 1060 g/mol. The molecule has 0 spiro atoms. The zero-order chi connectivity index (χ0) is 57.0. The quantitative estimate of drug-likeness (QED) is 0.0320. The van der Waals surface area contributed by atoms with Gasteiger partial charge in [-0.25, -0.2) is 14.6 Å². The van der Waals surface area contributed by atoms with Gasteiger partial charge in [0.1, 0.15) is 24.7 Å². The van der Waals surface area contributed by atoms with Crippen molar-refractivity contribution in [2.75, 3.05) is 78.1 Å². The molecule has 4 aliphatic heterocycles. The van der Waals surface area contributed by atoms with E-state index in [-0.39, 0.29) is 122 Å².